The van der Waals surface area contributed by atoms with Gasteiger partial charge in [0.05, 0.1) is 4.90 Å². The summed E-state index contributed by atoms with van der Waals surface area (Å²) in [4.78, 5) is 12.3. The first-order chi connectivity index (χ1) is 8.91. The summed E-state index contributed by atoms with van der Waals surface area (Å²) in [6, 6.07) is 13.1. The number of halogens is 1. The van der Waals surface area contributed by atoms with Gasteiger partial charge in [0.1, 0.15) is 0 Å². The van der Waals surface area contributed by atoms with Crippen LogP contribution in [0.4, 0.5) is 0 Å². The van der Waals surface area contributed by atoms with Crippen LogP contribution in [0.1, 0.15) is 21.5 Å². The van der Waals surface area contributed by atoms with Gasteiger partial charge in [-0.25, -0.2) is 8.42 Å². The third-order valence-corrected chi connectivity index (χ3v) is 4.12. The Kier molecular flexibility index (Phi) is 3.73. The average molecular weight is 295 g/mol. The van der Waals surface area contributed by atoms with Gasteiger partial charge in [0.25, 0.3) is 9.05 Å². The molecule has 2 aromatic carbocycles. The van der Waals surface area contributed by atoms with Gasteiger partial charge in [-0.2, -0.15) is 0 Å². The van der Waals surface area contributed by atoms with Crippen molar-refractivity contribution in [2.75, 3.05) is 0 Å². The lowest BCUT2D eigenvalue weighted by molar-refractivity contribution is 0.103. The van der Waals surface area contributed by atoms with Gasteiger partial charge in [-0.15, -0.1) is 0 Å². The minimum atomic E-state index is -3.96. The van der Waals surface area contributed by atoms with E-state index >= 15 is 0 Å². The van der Waals surface area contributed by atoms with E-state index in [1.54, 1.807) is 49.4 Å². The second kappa shape index (κ2) is 5.15. The van der Waals surface area contributed by atoms with E-state index in [4.69, 9.17) is 10.7 Å². The lowest BCUT2D eigenvalue weighted by Gasteiger charge is -2.09. The molecule has 0 radical (unpaired) electrons. The van der Waals surface area contributed by atoms with Gasteiger partial charge in [0.15, 0.2) is 5.78 Å². The van der Waals surface area contributed by atoms with Crippen LogP contribution in [-0.4, -0.2) is 14.2 Å². The van der Waals surface area contributed by atoms with Crippen molar-refractivity contribution in [3.05, 3.63) is 65.2 Å². The molecule has 2 rings (SSSR count). The Balaban J connectivity index is 2.67. The molecule has 0 aliphatic heterocycles. The molecule has 0 saturated heterocycles. The minimum Gasteiger partial charge on any atom is -0.289 e. The highest BCUT2D eigenvalue weighted by Gasteiger charge is 2.22. The van der Waals surface area contributed by atoms with Crippen LogP contribution in [0.15, 0.2) is 53.4 Å². The van der Waals surface area contributed by atoms with Gasteiger partial charge in [-0.1, -0.05) is 42.5 Å². The van der Waals surface area contributed by atoms with Crippen LogP contribution >= 0.6 is 10.7 Å². The Bertz CT molecular complexity index is 722. The lowest BCUT2D eigenvalue weighted by atomic mass is 9.99. The number of carbonyl (C=O) groups is 1. The maximum Gasteiger partial charge on any atom is 0.262 e. The lowest BCUT2D eigenvalue weighted by Crippen LogP contribution is -2.09. The maximum absolute atomic E-state index is 12.4. The van der Waals surface area contributed by atoms with Gasteiger partial charge in [-0.3, -0.25) is 4.79 Å². The molecule has 5 heteroatoms. The molecule has 0 spiro atoms. The molecule has 19 heavy (non-hydrogen) atoms. The Morgan fingerprint density at radius 1 is 1.00 bits per heavy atom. The number of rotatable bonds is 3. The predicted octanol–water partition coefficient (Wildman–Crippen LogP) is 3.15. The maximum atomic E-state index is 12.4. The van der Waals surface area contributed by atoms with E-state index in [0.717, 1.165) is 0 Å². The second-order valence-corrected chi connectivity index (χ2v) is 6.62. The average Bonchev–Trinajstić information content (AvgIpc) is 2.37. The Hall–Kier alpha value is -1.65. The molecule has 98 valence electrons. The number of carbonyl (C=O) groups excluding carboxylic acids is 1. The van der Waals surface area contributed by atoms with Crippen LogP contribution < -0.4 is 0 Å². The smallest absolute Gasteiger partial charge is 0.262 e. The highest BCUT2D eigenvalue weighted by atomic mass is 35.7. The Morgan fingerprint density at radius 2 is 1.63 bits per heavy atom. The second-order valence-electron chi connectivity index (χ2n) is 4.08. The zero-order valence-electron chi connectivity index (χ0n) is 10.1. The molecule has 0 atom stereocenters. The molecule has 0 heterocycles. The van der Waals surface area contributed by atoms with Crippen molar-refractivity contribution in [2.24, 2.45) is 0 Å². The van der Waals surface area contributed by atoms with E-state index in [9.17, 15) is 13.2 Å². The number of hydrogen-bond donors (Lipinski definition) is 0. The number of benzene rings is 2. The molecule has 2 aromatic rings. The topological polar surface area (TPSA) is 51.2 Å². The van der Waals surface area contributed by atoms with E-state index in [1.165, 1.54) is 6.07 Å². The molecule has 0 bridgehead atoms. The van der Waals surface area contributed by atoms with E-state index in [0.29, 0.717) is 11.1 Å². The van der Waals surface area contributed by atoms with Gasteiger partial charge in [-0.05, 0) is 18.6 Å². The molecule has 0 fully saturated rings. The van der Waals surface area contributed by atoms with Crippen LogP contribution in [0.5, 0.6) is 0 Å². The van der Waals surface area contributed by atoms with Crippen LogP contribution in [0.2, 0.25) is 0 Å². The third-order valence-electron chi connectivity index (χ3n) is 2.76. The fourth-order valence-electron chi connectivity index (χ4n) is 1.87. The van der Waals surface area contributed by atoms with Crippen molar-refractivity contribution in [1.82, 2.24) is 0 Å². The molecule has 0 aliphatic rings. The summed E-state index contributed by atoms with van der Waals surface area (Å²) in [5, 5.41) is 0. The SMILES string of the molecule is Cc1cccc(S(=O)(=O)Cl)c1C(=O)c1ccccc1. The van der Waals surface area contributed by atoms with E-state index in [1.807, 2.05) is 0 Å². The third kappa shape index (κ3) is 2.85. The van der Waals surface area contributed by atoms with E-state index in [-0.39, 0.29) is 16.2 Å². The van der Waals surface area contributed by atoms with Gasteiger partial charge < -0.3 is 0 Å². The van der Waals surface area contributed by atoms with Crippen molar-refractivity contribution >= 4 is 25.5 Å². The molecule has 0 aliphatic carbocycles. The summed E-state index contributed by atoms with van der Waals surface area (Å²) >= 11 is 0. The standard InChI is InChI=1S/C14H11ClO3S/c1-10-6-5-9-12(19(15,17)18)13(10)14(16)11-7-3-2-4-8-11/h2-9H,1H3. The van der Waals surface area contributed by atoms with Crippen LogP contribution in [0.25, 0.3) is 0 Å². The zero-order chi connectivity index (χ0) is 14.0. The first-order valence-corrected chi connectivity index (χ1v) is 7.86. The molecule has 0 unspecified atom stereocenters. The summed E-state index contributed by atoms with van der Waals surface area (Å²) in [5.41, 5.74) is 1.14. The van der Waals surface area contributed by atoms with E-state index in [2.05, 4.69) is 0 Å². The number of ketones is 1. The zero-order valence-corrected chi connectivity index (χ0v) is 11.7. The molecule has 0 amide bonds. The van der Waals surface area contributed by atoms with Crippen molar-refractivity contribution < 1.29 is 13.2 Å². The minimum absolute atomic E-state index is 0.128. The monoisotopic (exact) mass is 294 g/mol. The van der Waals surface area contributed by atoms with Crippen LogP contribution in [0.3, 0.4) is 0 Å². The molecular weight excluding hydrogens is 284 g/mol. The quantitative estimate of drug-likeness (QED) is 0.645. The highest BCUT2D eigenvalue weighted by Crippen LogP contribution is 2.25. The Labute approximate surface area is 116 Å². The highest BCUT2D eigenvalue weighted by molar-refractivity contribution is 8.13. The predicted molar refractivity (Wildman–Crippen MR) is 74.1 cm³/mol. The summed E-state index contributed by atoms with van der Waals surface area (Å²) in [7, 11) is 1.43. The summed E-state index contributed by atoms with van der Waals surface area (Å²) < 4.78 is 23.1. The van der Waals surface area contributed by atoms with Gasteiger partial charge in [0, 0.05) is 21.8 Å². The van der Waals surface area contributed by atoms with Crippen LogP contribution in [-0.2, 0) is 9.05 Å². The summed E-state index contributed by atoms with van der Waals surface area (Å²) in [5.74, 6) is -0.349. The number of hydrogen-bond acceptors (Lipinski definition) is 3. The first-order valence-electron chi connectivity index (χ1n) is 5.55. The molecule has 0 aromatic heterocycles. The van der Waals surface area contributed by atoms with Crippen molar-refractivity contribution in [2.45, 2.75) is 11.8 Å². The fraction of sp³-hybridized carbons (Fsp3) is 0.0714. The van der Waals surface area contributed by atoms with Crippen molar-refractivity contribution in [3.63, 3.8) is 0 Å². The molecule has 0 saturated carbocycles. The largest absolute Gasteiger partial charge is 0.289 e. The first kappa shape index (κ1) is 13.8. The van der Waals surface area contributed by atoms with Crippen molar-refractivity contribution in [3.8, 4) is 0 Å². The summed E-state index contributed by atoms with van der Waals surface area (Å²) in [6.07, 6.45) is 0. The number of aryl methyl sites for hydroxylation is 1. The molecular formula is C14H11ClO3S. The molecule has 0 N–H and O–H groups in total. The van der Waals surface area contributed by atoms with E-state index < -0.39 is 9.05 Å². The Morgan fingerprint density at radius 3 is 2.21 bits per heavy atom. The van der Waals surface area contributed by atoms with Crippen LogP contribution in [0, 0.1) is 6.92 Å². The fourth-order valence-corrected chi connectivity index (χ4v) is 2.99. The van der Waals surface area contributed by atoms with Crippen molar-refractivity contribution in [1.29, 1.82) is 0 Å². The van der Waals surface area contributed by atoms with Gasteiger partial charge in [0.2, 0.25) is 0 Å². The molecule has 3 nitrogen and oxygen atoms in total. The summed E-state index contributed by atoms with van der Waals surface area (Å²) in [6.45, 7) is 1.68. The normalized spacial score (nSPS) is 11.3. The van der Waals surface area contributed by atoms with Gasteiger partial charge >= 0.3 is 0 Å².